The molecule has 0 saturated heterocycles. The molecule has 0 radical (unpaired) electrons. The lowest BCUT2D eigenvalue weighted by atomic mass is 10.2. The molecule has 0 aliphatic heterocycles. The van der Waals surface area contributed by atoms with Crippen LogP contribution in [0.1, 0.15) is 31.2 Å². The fourth-order valence-corrected chi connectivity index (χ4v) is 2.37. The number of hydrogen-bond donors (Lipinski definition) is 2. The Morgan fingerprint density at radius 3 is 2.82 bits per heavy atom. The van der Waals surface area contributed by atoms with Gasteiger partial charge in [-0.05, 0) is 19.8 Å². The Hall–Kier alpha value is -0.920. The lowest BCUT2D eigenvalue weighted by Crippen LogP contribution is -2.28. The predicted molar refractivity (Wildman–Crippen MR) is 62.8 cm³/mol. The van der Waals surface area contributed by atoms with Crippen LogP contribution in [0.5, 0.6) is 0 Å². The summed E-state index contributed by atoms with van der Waals surface area (Å²) in [5.41, 5.74) is 0.381. The molecule has 1 heterocycles. The number of aliphatic hydroxyl groups is 1. The maximum atomic E-state index is 11.6. The van der Waals surface area contributed by atoms with Crippen molar-refractivity contribution in [2.45, 2.75) is 38.5 Å². The maximum Gasteiger partial charge on any atom is 0.217 e. The summed E-state index contributed by atoms with van der Waals surface area (Å²) in [6, 6.07) is 1.58. The van der Waals surface area contributed by atoms with Gasteiger partial charge in [0.15, 0.2) is 0 Å². The Kier molecular flexibility index (Phi) is 5.10. The van der Waals surface area contributed by atoms with Gasteiger partial charge >= 0.3 is 0 Å². The molecular formula is C10H18N2O4S. The molecule has 98 valence electrons. The van der Waals surface area contributed by atoms with Gasteiger partial charge in [0, 0.05) is 12.6 Å². The number of nitrogens with zero attached hydrogens (tertiary/aromatic N) is 1. The van der Waals surface area contributed by atoms with E-state index in [1.807, 2.05) is 6.92 Å². The normalized spacial score (nSPS) is 13.8. The van der Waals surface area contributed by atoms with Gasteiger partial charge in [-0.3, -0.25) is 0 Å². The van der Waals surface area contributed by atoms with Crippen molar-refractivity contribution in [1.29, 1.82) is 0 Å². The van der Waals surface area contributed by atoms with E-state index in [4.69, 9.17) is 4.52 Å². The first-order chi connectivity index (χ1) is 7.93. The smallest absolute Gasteiger partial charge is 0.217 e. The number of aliphatic hydroxyl groups excluding tert-OH is 1. The Labute approximate surface area is 101 Å². The summed E-state index contributed by atoms with van der Waals surface area (Å²) >= 11 is 0. The van der Waals surface area contributed by atoms with Gasteiger partial charge in [0.05, 0.1) is 6.10 Å². The average molecular weight is 262 g/mol. The summed E-state index contributed by atoms with van der Waals surface area (Å²) in [6.07, 6.45) is 0.560. The summed E-state index contributed by atoms with van der Waals surface area (Å²) < 4.78 is 30.4. The molecule has 0 fully saturated rings. The third-order valence-corrected chi connectivity index (χ3v) is 3.61. The van der Waals surface area contributed by atoms with Gasteiger partial charge in [0.25, 0.3) is 0 Å². The van der Waals surface area contributed by atoms with E-state index >= 15 is 0 Å². The highest BCUT2D eigenvalue weighted by Crippen LogP contribution is 2.05. The van der Waals surface area contributed by atoms with E-state index in [0.29, 0.717) is 24.3 Å². The molecule has 1 rings (SSSR count). The van der Waals surface area contributed by atoms with E-state index < -0.39 is 16.1 Å². The highest BCUT2D eigenvalue weighted by atomic mass is 32.2. The third-order valence-electron chi connectivity index (χ3n) is 2.29. The molecule has 0 saturated carbocycles. The number of aryl methyl sites for hydroxylation is 1. The molecule has 2 N–H and O–H groups in total. The second-order valence-corrected chi connectivity index (χ2v) is 5.74. The standard InChI is InChI=1S/C10H18N2O4S/c1-3-10(13)4-5-11-17(14,15)7-9-6-8(2)16-12-9/h6,10-11,13H,3-5,7H2,1-2H3. The molecule has 7 heteroatoms. The number of aromatic nitrogens is 1. The third kappa shape index (κ3) is 5.29. The summed E-state index contributed by atoms with van der Waals surface area (Å²) in [5.74, 6) is 0.378. The molecule has 0 aliphatic carbocycles. The second-order valence-electron chi connectivity index (χ2n) is 3.93. The molecule has 17 heavy (non-hydrogen) atoms. The van der Waals surface area contributed by atoms with Crippen LogP contribution in [0.2, 0.25) is 0 Å². The highest BCUT2D eigenvalue weighted by molar-refractivity contribution is 7.88. The molecule has 1 aromatic rings. The van der Waals surface area contributed by atoms with Crippen molar-refractivity contribution >= 4 is 10.0 Å². The number of rotatable bonds is 7. The SMILES string of the molecule is CCC(O)CCNS(=O)(=O)Cc1cc(C)on1. The van der Waals surface area contributed by atoms with Gasteiger partial charge in [0.2, 0.25) is 10.0 Å². The van der Waals surface area contributed by atoms with Gasteiger partial charge in [-0.1, -0.05) is 12.1 Å². The average Bonchev–Trinajstić information content (AvgIpc) is 2.62. The van der Waals surface area contributed by atoms with Gasteiger partial charge in [-0.25, -0.2) is 13.1 Å². The molecule has 1 aromatic heterocycles. The summed E-state index contributed by atoms with van der Waals surface area (Å²) in [7, 11) is -3.41. The fraction of sp³-hybridized carbons (Fsp3) is 0.700. The van der Waals surface area contributed by atoms with Gasteiger partial charge in [0.1, 0.15) is 17.2 Å². The van der Waals surface area contributed by atoms with Crippen LogP contribution in [-0.2, 0) is 15.8 Å². The van der Waals surface area contributed by atoms with Crippen molar-refractivity contribution in [2.24, 2.45) is 0 Å². The van der Waals surface area contributed by atoms with Crippen LogP contribution >= 0.6 is 0 Å². The van der Waals surface area contributed by atoms with E-state index in [1.54, 1.807) is 13.0 Å². The van der Waals surface area contributed by atoms with E-state index in [-0.39, 0.29) is 12.3 Å². The lowest BCUT2D eigenvalue weighted by molar-refractivity contribution is 0.162. The monoisotopic (exact) mass is 262 g/mol. The van der Waals surface area contributed by atoms with Crippen molar-refractivity contribution in [3.8, 4) is 0 Å². The topological polar surface area (TPSA) is 92.4 Å². The first-order valence-electron chi connectivity index (χ1n) is 5.50. The Morgan fingerprint density at radius 2 is 2.29 bits per heavy atom. The van der Waals surface area contributed by atoms with Crippen LogP contribution in [0, 0.1) is 6.92 Å². The molecule has 0 aromatic carbocycles. The molecule has 1 atom stereocenters. The van der Waals surface area contributed by atoms with Crippen molar-refractivity contribution < 1.29 is 18.0 Å². The van der Waals surface area contributed by atoms with Crippen LogP contribution < -0.4 is 4.72 Å². The molecule has 0 spiro atoms. The minimum Gasteiger partial charge on any atom is -0.393 e. The molecular weight excluding hydrogens is 244 g/mol. The Morgan fingerprint density at radius 1 is 1.59 bits per heavy atom. The zero-order valence-corrected chi connectivity index (χ0v) is 10.8. The molecule has 0 aliphatic rings. The maximum absolute atomic E-state index is 11.6. The largest absolute Gasteiger partial charge is 0.393 e. The van der Waals surface area contributed by atoms with E-state index in [1.165, 1.54) is 0 Å². The van der Waals surface area contributed by atoms with E-state index in [2.05, 4.69) is 9.88 Å². The Bertz CT molecular complexity index is 441. The fourth-order valence-electron chi connectivity index (χ4n) is 1.32. The summed E-state index contributed by atoms with van der Waals surface area (Å²) in [4.78, 5) is 0. The minimum atomic E-state index is -3.41. The van der Waals surface area contributed by atoms with Crippen molar-refractivity contribution in [1.82, 2.24) is 9.88 Å². The molecule has 6 nitrogen and oxygen atoms in total. The quantitative estimate of drug-likeness (QED) is 0.749. The van der Waals surface area contributed by atoms with Crippen LogP contribution in [0.25, 0.3) is 0 Å². The van der Waals surface area contributed by atoms with Gasteiger partial charge < -0.3 is 9.63 Å². The molecule has 1 unspecified atom stereocenters. The number of nitrogens with one attached hydrogen (secondary N) is 1. The molecule has 0 amide bonds. The van der Waals surface area contributed by atoms with Crippen LogP contribution in [0.4, 0.5) is 0 Å². The zero-order valence-electron chi connectivity index (χ0n) is 10.0. The van der Waals surface area contributed by atoms with Crippen molar-refractivity contribution in [2.75, 3.05) is 6.54 Å². The number of hydrogen-bond acceptors (Lipinski definition) is 5. The second kappa shape index (κ2) is 6.13. The van der Waals surface area contributed by atoms with Crippen LogP contribution in [0.15, 0.2) is 10.6 Å². The van der Waals surface area contributed by atoms with Gasteiger partial charge in [-0.15, -0.1) is 0 Å². The first kappa shape index (κ1) is 14.1. The first-order valence-corrected chi connectivity index (χ1v) is 7.15. The summed E-state index contributed by atoms with van der Waals surface area (Å²) in [6.45, 7) is 3.78. The highest BCUT2D eigenvalue weighted by Gasteiger charge is 2.14. The Balaban J connectivity index is 2.41. The van der Waals surface area contributed by atoms with E-state index in [0.717, 1.165) is 0 Å². The van der Waals surface area contributed by atoms with Gasteiger partial charge in [-0.2, -0.15) is 0 Å². The predicted octanol–water partition coefficient (Wildman–Crippen LogP) is 0.563. The van der Waals surface area contributed by atoms with Crippen molar-refractivity contribution in [3.05, 3.63) is 17.5 Å². The van der Waals surface area contributed by atoms with Crippen molar-refractivity contribution in [3.63, 3.8) is 0 Å². The zero-order chi connectivity index (χ0) is 12.9. The molecule has 0 bridgehead atoms. The lowest BCUT2D eigenvalue weighted by Gasteiger charge is -2.08. The van der Waals surface area contributed by atoms with E-state index in [9.17, 15) is 13.5 Å². The van der Waals surface area contributed by atoms with Crippen LogP contribution in [-0.4, -0.2) is 31.3 Å². The summed E-state index contributed by atoms with van der Waals surface area (Å²) in [5, 5.41) is 12.9. The van der Waals surface area contributed by atoms with Crippen LogP contribution in [0.3, 0.4) is 0 Å². The number of sulfonamides is 1. The minimum absolute atomic E-state index is 0.202.